The third-order valence-electron chi connectivity index (χ3n) is 5.61. The number of hydrogen-bond acceptors (Lipinski definition) is 6. The summed E-state index contributed by atoms with van der Waals surface area (Å²) in [6.45, 7) is 4.68. The minimum atomic E-state index is -1.72. The number of nitrogens with one attached hydrogen (secondary N) is 1. The lowest BCUT2D eigenvalue weighted by molar-refractivity contribution is 0.303. The number of hydrogen-bond donors (Lipinski definition) is 1. The van der Waals surface area contributed by atoms with Gasteiger partial charge in [-0.25, -0.2) is 0 Å². The van der Waals surface area contributed by atoms with Gasteiger partial charge in [0.1, 0.15) is 17.4 Å². The average Bonchev–Trinajstić information content (AvgIpc) is 3.18. The molecular weight excluding hydrogens is 352 g/mol. The lowest BCUT2D eigenvalue weighted by Crippen LogP contribution is -2.47. The van der Waals surface area contributed by atoms with E-state index in [1.807, 2.05) is 26.0 Å². The van der Waals surface area contributed by atoms with Crippen LogP contribution in [-0.2, 0) is 0 Å². The predicted molar refractivity (Wildman–Crippen MR) is 103 cm³/mol. The maximum absolute atomic E-state index is 10.1. The molecule has 0 heterocycles. The van der Waals surface area contributed by atoms with Gasteiger partial charge in [-0.15, -0.1) is 0 Å². The van der Waals surface area contributed by atoms with Crippen LogP contribution in [0.2, 0.25) is 0 Å². The molecule has 1 saturated carbocycles. The molecule has 0 unspecified atom stereocenters. The van der Waals surface area contributed by atoms with Gasteiger partial charge in [-0.1, -0.05) is 6.08 Å². The van der Waals surface area contributed by atoms with Gasteiger partial charge in [0, 0.05) is 11.5 Å². The Labute approximate surface area is 165 Å². The van der Waals surface area contributed by atoms with Crippen molar-refractivity contribution in [3.63, 3.8) is 0 Å². The van der Waals surface area contributed by atoms with Crippen LogP contribution < -0.4 is 9.47 Å². The molecule has 0 saturated heterocycles. The number of rotatable bonds is 5. The van der Waals surface area contributed by atoms with E-state index >= 15 is 0 Å². The van der Waals surface area contributed by atoms with Crippen LogP contribution in [0.1, 0.15) is 38.2 Å². The SMILES string of the molecule is CCOc1ccc(OCC)c([C@H]2[C@@H]3CCC=C3[C@H](C#N)C(=N)C2(C#N)C#N)c1. The lowest BCUT2D eigenvalue weighted by Gasteiger charge is -2.43. The number of nitrogens with zero attached hydrogens (tertiary/aromatic N) is 3. The lowest BCUT2D eigenvalue weighted by atomic mass is 9.55. The molecule has 3 atom stereocenters. The van der Waals surface area contributed by atoms with Crippen LogP contribution in [0, 0.1) is 56.7 Å². The highest BCUT2D eigenvalue weighted by Gasteiger charge is 2.58. The van der Waals surface area contributed by atoms with Gasteiger partial charge in [-0.2, -0.15) is 15.8 Å². The Hall–Kier alpha value is -3.30. The Morgan fingerprint density at radius 1 is 1.14 bits per heavy atom. The fourth-order valence-electron chi connectivity index (χ4n) is 4.49. The molecule has 0 spiro atoms. The first kappa shape index (κ1) is 19.5. The van der Waals surface area contributed by atoms with Crippen LogP contribution in [-0.4, -0.2) is 18.9 Å². The zero-order valence-corrected chi connectivity index (χ0v) is 16.0. The van der Waals surface area contributed by atoms with Gasteiger partial charge >= 0.3 is 0 Å². The monoisotopic (exact) mass is 374 g/mol. The van der Waals surface area contributed by atoms with Gasteiger partial charge < -0.3 is 14.9 Å². The van der Waals surface area contributed by atoms with E-state index in [4.69, 9.17) is 14.9 Å². The number of fused-ring (bicyclic) bond motifs is 1. The van der Waals surface area contributed by atoms with Gasteiger partial charge in [0.05, 0.1) is 37.1 Å². The molecule has 6 nitrogen and oxygen atoms in total. The first-order chi connectivity index (χ1) is 13.6. The van der Waals surface area contributed by atoms with Crippen molar-refractivity contribution in [3.8, 4) is 29.7 Å². The number of nitriles is 3. The van der Waals surface area contributed by atoms with E-state index in [2.05, 4.69) is 18.2 Å². The summed E-state index contributed by atoms with van der Waals surface area (Å²) >= 11 is 0. The summed E-state index contributed by atoms with van der Waals surface area (Å²) in [5.74, 6) is -0.360. The Morgan fingerprint density at radius 3 is 2.46 bits per heavy atom. The zero-order chi connectivity index (χ0) is 20.3. The smallest absolute Gasteiger partial charge is 0.189 e. The number of ether oxygens (including phenoxy) is 2. The number of benzene rings is 1. The second-order valence-corrected chi connectivity index (χ2v) is 6.94. The molecule has 2 aliphatic rings. The normalized spacial score (nSPS) is 24.9. The molecule has 0 bridgehead atoms. The largest absolute Gasteiger partial charge is 0.494 e. The van der Waals surface area contributed by atoms with E-state index in [9.17, 15) is 15.8 Å². The van der Waals surface area contributed by atoms with Crippen molar-refractivity contribution in [1.29, 1.82) is 21.2 Å². The second-order valence-electron chi connectivity index (χ2n) is 6.94. The maximum Gasteiger partial charge on any atom is 0.189 e. The van der Waals surface area contributed by atoms with Crippen LogP contribution >= 0.6 is 0 Å². The summed E-state index contributed by atoms with van der Waals surface area (Å²) in [6, 6.07) is 11.8. The third-order valence-corrected chi connectivity index (χ3v) is 5.61. The molecule has 142 valence electrons. The molecule has 1 aromatic rings. The highest BCUT2D eigenvalue weighted by Crippen LogP contribution is 2.57. The van der Waals surface area contributed by atoms with Gasteiger partial charge in [0.2, 0.25) is 0 Å². The summed E-state index contributed by atoms with van der Waals surface area (Å²) in [4.78, 5) is 0. The summed E-state index contributed by atoms with van der Waals surface area (Å²) in [6.07, 6.45) is 3.50. The standard InChI is InChI=1S/C22H22N4O2/c1-3-27-14-8-9-19(28-4-2)17(10-14)20-16-7-5-6-15(16)18(11-23)21(26)22(20,12-24)13-25/h6,8-10,16,18,20,26H,3-5,7H2,1-2H3/t16-,18+,20-/m1/s1. The molecule has 28 heavy (non-hydrogen) atoms. The van der Waals surface area contributed by atoms with Gasteiger partial charge in [0.25, 0.3) is 0 Å². The fraction of sp³-hybridized carbons (Fsp3) is 0.455. The average molecular weight is 374 g/mol. The van der Waals surface area contributed by atoms with Crippen molar-refractivity contribution in [2.45, 2.75) is 32.6 Å². The molecule has 0 aliphatic heterocycles. The van der Waals surface area contributed by atoms with E-state index in [1.54, 1.807) is 12.1 Å². The molecule has 0 aromatic heterocycles. The van der Waals surface area contributed by atoms with Crippen LogP contribution in [0.4, 0.5) is 0 Å². The van der Waals surface area contributed by atoms with Crippen LogP contribution in [0.15, 0.2) is 29.8 Å². The predicted octanol–water partition coefficient (Wildman–Crippen LogP) is 4.11. The fourth-order valence-corrected chi connectivity index (χ4v) is 4.49. The molecule has 3 rings (SSSR count). The Bertz CT molecular complexity index is 931. The summed E-state index contributed by atoms with van der Waals surface area (Å²) in [5, 5.41) is 38.4. The quantitative estimate of drug-likeness (QED) is 0.779. The highest BCUT2D eigenvalue weighted by molar-refractivity contribution is 6.01. The van der Waals surface area contributed by atoms with Crippen LogP contribution in [0.25, 0.3) is 0 Å². The molecule has 6 heteroatoms. The number of allylic oxidation sites excluding steroid dienone is 2. The molecule has 0 amide bonds. The van der Waals surface area contributed by atoms with Crippen LogP contribution in [0.5, 0.6) is 11.5 Å². The van der Waals surface area contributed by atoms with Crippen molar-refractivity contribution in [2.24, 2.45) is 17.3 Å². The summed E-state index contributed by atoms with van der Waals surface area (Å²) in [5.41, 5.74) is -0.319. The summed E-state index contributed by atoms with van der Waals surface area (Å²) in [7, 11) is 0. The van der Waals surface area contributed by atoms with Gasteiger partial charge in [0.15, 0.2) is 5.41 Å². The minimum absolute atomic E-state index is 0.140. The molecule has 1 aromatic carbocycles. The van der Waals surface area contributed by atoms with Crippen molar-refractivity contribution in [3.05, 3.63) is 35.4 Å². The Balaban J connectivity index is 2.26. The van der Waals surface area contributed by atoms with E-state index in [0.29, 0.717) is 30.3 Å². The first-order valence-electron chi connectivity index (χ1n) is 9.48. The molecule has 1 N–H and O–H groups in total. The van der Waals surface area contributed by atoms with Crippen molar-refractivity contribution in [2.75, 3.05) is 13.2 Å². The first-order valence-corrected chi connectivity index (χ1v) is 9.48. The highest BCUT2D eigenvalue weighted by atomic mass is 16.5. The minimum Gasteiger partial charge on any atom is -0.494 e. The molecule has 2 aliphatic carbocycles. The van der Waals surface area contributed by atoms with E-state index < -0.39 is 17.3 Å². The Kier molecular flexibility index (Phi) is 5.39. The van der Waals surface area contributed by atoms with Gasteiger partial charge in [-0.3, -0.25) is 0 Å². The molecule has 0 radical (unpaired) electrons. The zero-order valence-electron chi connectivity index (χ0n) is 16.0. The van der Waals surface area contributed by atoms with Gasteiger partial charge in [-0.05, 0) is 56.4 Å². The molecule has 1 fully saturated rings. The maximum atomic E-state index is 10.1. The van der Waals surface area contributed by atoms with Crippen LogP contribution in [0.3, 0.4) is 0 Å². The third kappa shape index (κ3) is 2.81. The van der Waals surface area contributed by atoms with Crippen molar-refractivity contribution < 1.29 is 9.47 Å². The van der Waals surface area contributed by atoms with E-state index in [1.165, 1.54) is 0 Å². The van der Waals surface area contributed by atoms with Crippen molar-refractivity contribution >= 4 is 5.71 Å². The Morgan fingerprint density at radius 2 is 1.86 bits per heavy atom. The topological polar surface area (TPSA) is 114 Å². The van der Waals surface area contributed by atoms with Crippen molar-refractivity contribution in [1.82, 2.24) is 0 Å². The summed E-state index contributed by atoms with van der Waals surface area (Å²) < 4.78 is 11.5. The second kappa shape index (κ2) is 7.75. The van der Waals surface area contributed by atoms with E-state index in [0.717, 1.165) is 18.4 Å². The molecular formula is C22H22N4O2. The van der Waals surface area contributed by atoms with E-state index in [-0.39, 0.29) is 11.6 Å².